The summed E-state index contributed by atoms with van der Waals surface area (Å²) in [5.74, 6) is 1.85. The highest BCUT2D eigenvalue weighted by atomic mass is 16.5. The van der Waals surface area contributed by atoms with Crippen molar-refractivity contribution in [3.8, 4) is 44.9 Å². The molecule has 3 aliphatic rings. The molecule has 1 heterocycles. The summed E-state index contributed by atoms with van der Waals surface area (Å²) in [4.78, 5) is 0. The Balaban J connectivity index is 1.24. The van der Waals surface area contributed by atoms with Crippen LogP contribution in [0.15, 0.2) is 151 Å². The fraction of sp³-hybridized carbons (Fsp3) is 0.0667. The van der Waals surface area contributed by atoms with Crippen molar-refractivity contribution >= 4 is 27.1 Å². The van der Waals surface area contributed by atoms with E-state index < -0.39 is 0 Å². The third-order valence-corrected chi connectivity index (χ3v) is 10.6. The van der Waals surface area contributed by atoms with E-state index in [1.54, 1.807) is 0 Å². The first-order chi connectivity index (χ1) is 22.7. The Kier molecular flexibility index (Phi) is 5.12. The quantitative estimate of drug-likeness (QED) is 0.196. The molecular formula is C45H30O. The molecule has 0 radical (unpaired) electrons. The van der Waals surface area contributed by atoms with E-state index in [1.165, 1.54) is 77.2 Å². The molecule has 0 amide bonds. The predicted octanol–water partition coefficient (Wildman–Crippen LogP) is 12.1. The maximum atomic E-state index is 6.75. The van der Waals surface area contributed by atoms with Crippen LogP contribution in [0.1, 0.15) is 36.1 Å². The van der Waals surface area contributed by atoms with Crippen molar-refractivity contribution in [3.63, 3.8) is 0 Å². The third kappa shape index (κ3) is 3.10. The molecule has 10 rings (SSSR count). The maximum absolute atomic E-state index is 6.75. The number of fused-ring (bicyclic) bond motifs is 11. The maximum Gasteiger partial charge on any atom is 0.143 e. The standard InChI is InChI=1S/C45H30O/c1-3-11-37-27(2)42-31-15-5-4-12-28(31)22-25-40(42)45(37)38-20-7-6-16-33(38)36-26-30(23-24-39(36)45)32-17-10-19-35-34-18-8-13-29-14-9-21-41(43(29)34)46-44(32)35/h3-26H,1-2H3/b11-3-. The highest BCUT2D eigenvalue weighted by molar-refractivity contribution is 6.07. The van der Waals surface area contributed by atoms with Gasteiger partial charge in [0.2, 0.25) is 0 Å². The Morgan fingerprint density at radius 1 is 0.565 bits per heavy atom. The second-order valence-electron chi connectivity index (χ2n) is 12.7. The molecule has 0 N–H and O–H groups in total. The molecule has 1 spiro atoms. The lowest BCUT2D eigenvalue weighted by Crippen LogP contribution is -2.26. The van der Waals surface area contributed by atoms with Gasteiger partial charge >= 0.3 is 0 Å². The zero-order chi connectivity index (χ0) is 30.6. The zero-order valence-electron chi connectivity index (χ0n) is 25.8. The van der Waals surface area contributed by atoms with Gasteiger partial charge in [-0.2, -0.15) is 0 Å². The fourth-order valence-electron chi connectivity index (χ4n) is 8.81. The Hall–Kier alpha value is -5.66. The van der Waals surface area contributed by atoms with Crippen molar-refractivity contribution in [2.24, 2.45) is 0 Å². The number of hydrogen-bond donors (Lipinski definition) is 0. The Morgan fingerprint density at radius 3 is 2.17 bits per heavy atom. The lowest BCUT2D eigenvalue weighted by molar-refractivity contribution is 0.489. The normalized spacial score (nSPS) is 17.0. The van der Waals surface area contributed by atoms with E-state index in [9.17, 15) is 0 Å². The highest BCUT2D eigenvalue weighted by Crippen LogP contribution is 2.63. The van der Waals surface area contributed by atoms with Crippen LogP contribution < -0.4 is 4.74 Å². The molecule has 216 valence electrons. The monoisotopic (exact) mass is 586 g/mol. The molecule has 1 atom stereocenters. The van der Waals surface area contributed by atoms with Crippen LogP contribution in [0.25, 0.3) is 60.5 Å². The van der Waals surface area contributed by atoms with Crippen LogP contribution in [-0.4, -0.2) is 0 Å². The molecule has 1 nitrogen and oxygen atoms in total. The van der Waals surface area contributed by atoms with E-state index in [1.807, 2.05) is 0 Å². The van der Waals surface area contributed by atoms with E-state index in [4.69, 9.17) is 4.74 Å². The van der Waals surface area contributed by atoms with Crippen molar-refractivity contribution in [3.05, 3.63) is 173 Å². The Morgan fingerprint density at radius 2 is 1.26 bits per heavy atom. The number of para-hydroxylation sites is 1. The summed E-state index contributed by atoms with van der Waals surface area (Å²) >= 11 is 0. The number of benzene rings is 7. The molecule has 0 saturated carbocycles. The van der Waals surface area contributed by atoms with Gasteiger partial charge in [-0.25, -0.2) is 0 Å². The van der Waals surface area contributed by atoms with Gasteiger partial charge < -0.3 is 4.74 Å². The first-order valence-electron chi connectivity index (χ1n) is 16.1. The molecule has 1 heteroatoms. The second-order valence-corrected chi connectivity index (χ2v) is 12.7. The molecule has 0 aromatic heterocycles. The average molecular weight is 587 g/mol. The van der Waals surface area contributed by atoms with Gasteiger partial charge in [0.05, 0.1) is 5.41 Å². The van der Waals surface area contributed by atoms with Crippen LogP contribution in [0.4, 0.5) is 0 Å². The van der Waals surface area contributed by atoms with Gasteiger partial charge in [0.15, 0.2) is 0 Å². The van der Waals surface area contributed by atoms with E-state index in [0.717, 1.165) is 22.6 Å². The van der Waals surface area contributed by atoms with Crippen molar-refractivity contribution in [1.82, 2.24) is 0 Å². The van der Waals surface area contributed by atoms with Crippen LogP contribution in [0, 0.1) is 0 Å². The molecule has 1 unspecified atom stereocenters. The van der Waals surface area contributed by atoms with E-state index >= 15 is 0 Å². The second kappa shape index (κ2) is 9.19. The van der Waals surface area contributed by atoms with Crippen LogP contribution >= 0.6 is 0 Å². The fourth-order valence-corrected chi connectivity index (χ4v) is 8.81. The van der Waals surface area contributed by atoms with E-state index in [-0.39, 0.29) is 5.41 Å². The van der Waals surface area contributed by atoms with Gasteiger partial charge in [-0.05, 0) is 97.8 Å². The number of allylic oxidation sites excluding steroid dienone is 4. The summed E-state index contributed by atoms with van der Waals surface area (Å²) in [5, 5.41) is 4.99. The lowest BCUT2D eigenvalue weighted by atomic mass is 9.69. The summed E-state index contributed by atoms with van der Waals surface area (Å²) in [6.45, 7) is 4.45. The zero-order valence-corrected chi connectivity index (χ0v) is 25.8. The topological polar surface area (TPSA) is 9.23 Å². The summed E-state index contributed by atoms with van der Waals surface area (Å²) in [7, 11) is 0. The molecule has 7 aromatic carbocycles. The van der Waals surface area contributed by atoms with Crippen molar-refractivity contribution < 1.29 is 4.74 Å². The number of ether oxygens (including phenoxy) is 1. The molecular weight excluding hydrogens is 556 g/mol. The van der Waals surface area contributed by atoms with Crippen LogP contribution in [0.2, 0.25) is 0 Å². The van der Waals surface area contributed by atoms with Gasteiger partial charge in [-0.1, -0.05) is 133 Å². The minimum atomic E-state index is -0.373. The predicted molar refractivity (Wildman–Crippen MR) is 192 cm³/mol. The third-order valence-electron chi connectivity index (χ3n) is 10.6. The van der Waals surface area contributed by atoms with E-state index in [0.29, 0.717) is 0 Å². The largest absolute Gasteiger partial charge is 0.455 e. The van der Waals surface area contributed by atoms with Crippen molar-refractivity contribution in [1.29, 1.82) is 0 Å². The van der Waals surface area contributed by atoms with Crippen LogP contribution in [0.3, 0.4) is 0 Å². The van der Waals surface area contributed by atoms with Gasteiger partial charge in [-0.15, -0.1) is 0 Å². The van der Waals surface area contributed by atoms with Gasteiger partial charge in [0, 0.05) is 16.5 Å². The minimum absolute atomic E-state index is 0.373. The van der Waals surface area contributed by atoms with Crippen LogP contribution in [0.5, 0.6) is 11.5 Å². The Bertz CT molecular complexity index is 2520. The summed E-state index contributed by atoms with van der Waals surface area (Å²) in [6, 6.07) is 49.1. The summed E-state index contributed by atoms with van der Waals surface area (Å²) in [6.07, 6.45) is 4.55. The molecule has 0 saturated heterocycles. The minimum Gasteiger partial charge on any atom is -0.455 e. The molecule has 0 bridgehead atoms. The van der Waals surface area contributed by atoms with Gasteiger partial charge in [-0.3, -0.25) is 0 Å². The summed E-state index contributed by atoms with van der Waals surface area (Å²) < 4.78 is 6.75. The molecule has 46 heavy (non-hydrogen) atoms. The number of hydrogen-bond acceptors (Lipinski definition) is 1. The first-order valence-corrected chi connectivity index (χ1v) is 16.1. The molecule has 2 aliphatic carbocycles. The van der Waals surface area contributed by atoms with Gasteiger partial charge in [0.1, 0.15) is 11.5 Å². The first kappa shape index (κ1) is 25.6. The molecule has 1 aliphatic heterocycles. The van der Waals surface area contributed by atoms with Gasteiger partial charge in [0.25, 0.3) is 0 Å². The molecule has 0 fully saturated rings. The number of rotatable bonds is 2. The lowest BCUT2D eigenvalue weighted by Gasteiger charge is -2.32. The van der Waals surface area contributed by atoms with Crippen molar-refractivity contribution in [2.75, 3.05) is 0 Å². The highest BCUT2D eigenvalue weighted by Gasteiger charge is 2.51. The summed E-state index contributed by atoms with van der Waals surface area (Å²) in [5.41, 5.74) is 15.0. The van der Waals surface area contributed by atoms with Crippen LogP contribution in [-0.2, 0) is 5.41 Å². The van der Waals surface area contributed by atoms with Crippen molar-refractivity contribution in [2.45, 2.75) is 19.3 Å². The Labute approximate surface area is 268 Å². The van der Waals surface area contributed by atoms with E-state index in [2.05, 4.69) is 159 Å². The SMILES string of the molecule is C/C=C\C1=C(C)c2c(ccc3ccccc23)C12c1ccccc1-c1cc(-c3cccc4c3Oc3cccc5cccc-4c35)ccc12. The smallest absolute Gasteiger partial charge is 0.143 e. The average Bonchev–Trinajstić information content (AvgIpc) is 3.54. The molecule has 7 aromatic rings.